The van der Waals surface area contributed by atoms with Crippen molar-refractivity contribution in [1.82, 2.24) is 0 Å². The molecule has 0 saturated heterocycles. The topological polar surface area (TPSA) is 47.9 Å². The minimum Gasteiger partial charge on any atom is -0.495 e. The summed E-state index contributed by atoms with van der Waals surface area (Å²) in [5.74, 6) is 1.02. The van der Waals surface area contributed by atoms with E-state index in [9.17, 15) is 5.11 Å². The van der Waals surface area contributed by atoms with E-state index in [0.717, 1.165) is 37.9 Å². The Kier molecular flexibility index (Phi) is 12.7. The first-order valence-electron chi connectivity index (χ1n) is 16.3. The second-order valence-electron chi connectivity index (χ2n) is 14.1. The molecular weight excluding hydrogens is 553 g/mol. The third kappa shape index (κ3) is 7.86. The Balaban J connectivity index is 1.88. The lowest BCUT2D eigenvalue weighted by atomic mass is 10.0. The fraction of sp³-hybridized carbons (Fsp3) is 0.611. The Morgan fingerprint density at radius 3 is 1.81 bits per heavy atom. The van der Waals surface area contributed by atoms with Gasteiger partial charge in [-0.05, 0) is 51.0 Å². The molecule has 1 aliphatic heterocycles. The number of rotatable bonds is 15. The van der Waals surface area contributed by atoms with Gasteiger partial charge < -0.3 is 18.7 Å². The third-order valence-electron chi connectivity index (χ3n) is 9.25. The van der Waals surface area contributed by atoms with Gasteiger partial charge in [-0.2, -0.15) is 0 Å². The van der Waals surface area contributed by atoms with E-state index >= 15 is 0 Å². The van der Waals surface area contributed by atoms with Crippen molar-refractivity contribution >= 4 is 27.0 Å². The van der Waals surface area contributed by atoms with Gasteiger partial charge in [-0.1, -0.05) is 123 Å². The first-order chi connectivity index (χ1) is 19.9. The van der Waals surface area contributed by atoms with Crippen molar-refractivity contribution in [3.8, 4) is 0 Å². The fourth-order valence-corrected chi connectivity index (χ4v) is 17.5. The van der Waals surface area contributed by atoms with Crippen LogP contribution in [0.4, 0.5) is 0 Å². The molecule has 2 aromatic carbocycles. The van der Waals surface area contributed by atoms with E-state index < -0.39 is 16.6 Å². The number of benzene rings is 2. The summed E-state index contributed by atoms with van der Waals surface area (Å²) < 4.78 is 21.1. The summed E-state index contributed by atoms with van der Waals surface area (Å²) in [5, 5.41) is 11.9. The van der Waals surface area contributed by atoms with Crippen molar-refractivity contribution in [3.05, 3.63) is 72.5 Å². The van der Waals surface area contributed by atoms with E-state index in [2.05, 4.69) is 129 Å². The normalized spacial score (nSPS) is 18.5. The van der Waals surface area contributed by atoms with Gasteiger partial charge in [0.2, 0.25) is 8.32 Å². The standard InChI is InChI=1S/C36H58O4Si2/c1-28(2)41(29(3)4,30(5)6)40-33-26-31(18-16-17-24-37)39-32(27-33)23-25-38-42(36(7,8)9,34-19-12-10-13-20-34)35-21-14-11-15-22-35/h10-15,19-22,26,28-30,32-33,37H,16-18,23-25,27H2,1-9H3/t32-,33-/m1/s1. The Morgan fingerprint density at radius 2 is 1.36 bits per heavy atom. The number of hydrogen-bond acceptors (Lipinski definition) is 4. The van der Waals surface area contributed by atoms with E-state index in [4.69, 9.17) is 13.6 Å². The molecule has 0 amide bonds. The van der Waals surface area contributed by atoms with Crippen LogP contribution in [0.5, 0.6) is 0 Å². The molecule has 6 heteroatoms. The zero-order chi connectivity index (χ0) is 31.0. The minimum atomic E-state index is -2.60. The zero-order valence-electron chi connectivity index (χ0n) is 27.9. The average Bonchev–Trinajstić information content (AvgIpc) is 2.94. The SMILES string of the molecule is CC(C)[Si](O[C@@H]1C=C(CCCCO)O[C@H](CCO[Si](c2ccccc2)(c2ccccc2)C(C)(C)C)C1)(C(C)C)C(C)C. The van der Waals surface area contributed by atoms with Gasteiger partial charge >= 0.3 is 0 Å². The van der Waals surface area contributed by atoms with Crippen LogP contribution in [-0.4, -0.2) is 47.2 Å². The lowest BCUT2D eigenvalue weighted by molar-refractivity contribution is 0.0280. The fourth-order valence-electron chi connectivity index (χ4n) is 7.42. The molecule has 234 valence electrons. The second-order valence-corrected chi connectivity index (χ2v) is 23.8. The van der Waals surface area contributed by atoms with Crippen molar-refractivity contribution in [3.63, 3.8) is 0 Å². The molecule has 0 fully saturated rings. The molecule has 1 aliphatic rings. The number of hydrogen-bond donors (Lipinski definition) is 1. The highest BCUT2D eigenvalue weighted by Crippen LogP contribution is 2.44. The predicted molar refractivity (Wildman–Crippen MR) is 183 cm³/mol. The highest BCUT2D eigenvalue weighted by molar-refractivity contribution is 6.99. The van der Waals surface area contributed by atoms with Crippen molar-refractivity contribution in [1.29, 1.82) is 0 Å². The van der Waals surface area contributed by atoms with E-state index in [1.54, 1.807) is 0 Å². The van der Waals surface area contributed by atoms with Gasteiger partial charge in [0, 0.05) is 32.5 Å². The maximum atomic E-state index is 9.39. The number of aliphatic hydroxyl groups excluding tert-OH is 1. The van der Waals surface area contributed by atoms with Crippen molar-refractivity contribution in [2.45, 2.75) is 128 Å². The van der Waals surface area contributed by atoms with Crippen LogP contribution in [0, 0.1) is 0 Å². The van der Waals surface area contributed by atoms with Crippen LogP contribution in [0.15, 0.2) is 72.5 Å². The first kappa shape index (κ1) is 34.8. The highest BCUT2D eigenvalue weighted by atomic mass is 28.4. The molecule has 0 radical (unpaired) electrons. The van der Waals surface area contributed by atoms with Crippen LogP contribution < -0.4 is 10.4 Å². The number of allylic oxidation sites excluding steroid dienone is 1. The molecule has 1 heterocycles. The summed E-state index contributed by atoms with van der Waals surface area (Å²) in [6.07, 6.45) is 6.58. The van der Waals surface area contributed by atoms with Crippen LogP contribution in [-0.2, 0) is 13.6 Å². The zero-order valence-corrected chi connectivity index (χ0v) is 29.9. The second kappa shape index (κ2) is 15.3. The van der Waals surface area contributed by atoms with Crippen LogP contribution >= 0.6 is 0 Å². The predicted octanol–water partition coefficient (Wildman–Crippen LogP) is 8.35. The molecule has 0 bridgehead atoms. The Hall–Kier alpha value is -1.71. The quantitative estimate of drug-likeness (QED) is 0.163. The molecule has 0 unspecified atom stereocenters. The molecule has 3 rings (SSSR count). The van der Waals surface area contributed by atoms with Gasteiger partial charge in [0.1, 0.15) is 6.10 Å². The lowest BCUT2D eigenvalue weighted by Crippen LogP contribution is -2.66. The smallest absolute Gasteiger partial charge is 0.261 e. The van der Waals surface area contributed by atoms with E-state index in [1.807, 2.05) is 0 Å². The first-order valence-corrected chi connectivity index (χ1v) is 20.3. The maximum Gasteiger partial charge on any atom is 0.261 e. The molecule has 1 N–H and O–H groups in total. The number of aliphatic hydroxyl groups is 1. The van der Waals surface area contributed by atoms with E-state index in [-0.39, 0.29) is 23.9 Å². The van der Waals surface area contributed by atoms with Gasteiger partial charge in [0.25, 0.3) is 8.32 Å². The van der Waals surface area contributed by atoms with E-state index in [1.165, 1.54) is 10.4 Å². The van der Waals surface area contributed by atoms with Crippen molar-refractivity contribution in [2.24, 2.45) is 0 Å². The van der Waals surface area contributed by atoms with Gasteiger partial charge in [0.15, 0.2) is 0 Å². The molecule has 0 saturated carbocycles. The Bertz CT molecular complexity index is 1030. The molecule has 2 atom stereocenters. The number of ether oxygens (including phenoxy) is 1. The summed E-state index contributed by atoms with van der Waals surface area (Å²) >= 11 is 0. The maximum absolute atomic E-state index is 9.39. The summed E-state index contributed by atoms with van der Waals surface area (Å²) in [6.45, 7) is 22.0. The van der Waals surface area contributed by atoms with Crippen LogP contribution in [0.2, 0.25) is 21.7 Å². The van der Waals surface area contributed by atoms with Gasteiger partial charge in [-0.25, -0.2) is 0 Å². The Labute approximate surface area is 259 Å². The summed E-state index contributed by atoms with van der Waals surface area (Å²) in [7, 11) is -4.65. The molecule has 2 aromatic rings. The highest BCUT2D eigenvalue weighted by Gasteiger charge is 2.50. The molecule has 0 aromatic heterocycles. The molecule has 4 nitrogen and oxygen atoms in total. The van der Waals surface area contributed by atoms with Crippen molar-refractivity contribution < 1.29 is 18.7 Å². The largest absolute Gasteiger partial charge is 0.495 e. The molecular formula is C36H58O4Si2. The lowest BCUT2D eigenvalue weighted by Gasteiger charge is -2.46. The van der Waals surface area contributed by atoms with Crippen LogP contribution in [0.25, 0.3) is 0 Å². The Morgan fingerprint density at radius 1 is 0.833 bits per heavy atom. The van der Waals surface area contributed by atoms with Crippen molar-refractivity contribution in [2.75, 3.05) is 13.2 Å². The van der Waals surface area contributed by atoms with Crippen LogP contribution in [0.3, 0.4) is 0 Å². The monoisotopic (exact) mass is 610 g/mol. The number of unbranched alkanes of at least 4 members (excludes halogenated alkanes) is 1. The van der Waals surface area contributed by atoms with Crippen LogP contribution in [0.1, 0.15) is 94.4 Å². The molecule has 0 spiro atoms. The van der Waals surface area contributed by atoms with Gasteiger partial charge in [0.05, 0.1) is 11.9 Å². The third-order valence-corrected chi connectivity index (χ3v) is 20.4. The van der Waals surface area contributed by atoms with Gasteiger partial charge in [-0.3, -0.25) is 0 Å². The minimum absolute atomic E-state index is 0.0422. The molecule has 42 heavy (non-hydrogen) atoms. The average molecular weight is 611 g/mol. The summed E-state index contributed by atoms with van der Waals surface area (Å²) in [5.41, 5.74) is 1.59. The summed E-state index contributed by atoms with van der Waals surface area (Å²) in [6, 6.07) is 21.7. The van der Waals surface area contributed by atoms with E-state index in [0.29, 0.717) is 23.2 Å². The molecule has 0 aliphatic carbocycles. The van der Waals surface area contributed by atoms with Gasteiger partial charge in [-0.15, -0.1) is 0 Å². The summed E-state index contributed by atoms with van der Waals surface area (Å²) in [4.78, 5) is 0.